The molecule has 0 aromatic heterocycles. The smallest absolute Gasteiger partial charge is 0.337 e. The van der Waals surface area contributed by atoms with Crippen LogP contribution in [0.3, 0.4) is 0 Å². The van der Waals surface area contributed by atoms with Gasteiger partial charge in [-0.1, -0.05) is 29.8 Å². The Morgan fingerprint density at radius 3 is 2.48 bits per heavy atom. The number of anilines is 1. The van der Waals surface area contributed by atoms with Gasteiger partial charge in [0, 0.05) is 10.5 Å². The first-order valence-corrected chi connectivity index (χ1v) is 7.69. The third kappa shape index (κ3) is 6.16. The first-order valence-electron chi connectivity index (χ1n) is 6.90. The molecule has 0 aliphatic rings. The molecule has 0 aliphatic heterocycles. The molecule has 0 saturated heterocycles. The highest BCUT2D eigenvalue weighted by Crippen LogP contribution is 2.21. The van der Waals surface area contributed by atoms with E-state index in [1.807, 2.05) is 6.92 Å². The van der Waals surface area contributed by atoms with Crippen molar-refractivity contribution >= 4 is 33.6 Å². The predicted molar refractivity (Wildman–Crippen MR) is 86.8 cm³/mol. The first kappa shape index (κ1) is 17.5. The molecular weight excluding hydrogens is 336 g/mol. The van der Waals surface area contributed by atoms with Crippen LogP contribution in [0.1, 0.15) is 44.0 Å². The van der Waals surface area contributed by atoms with Crippen LogP contribution >= 0.6 is 15.9 Å². The number of rotatable bonds is 6. The Bertz CT molecular complexity index is 518. The van der Waals surface area contributed by atoms with Gasteiger partial charge in [-0.2, -0.15) is 0 Å². The van der Waals surface area contributed by atoms with Gasteiger partial charge in [0.05, 0.1) is 11.3 Å². The minimum Gasteiger partial charge on any atom is -0.478 e. The molecule has 0 radical (unpaired) electrons. The molecular formula is C15H21BrN2O3. The number of aromatic carboxylic acids is 1. The summed E-state index contributed by atoms with van der Waals surface area (Å²) in [5.41, 5.74) is 0.327. The minimum absolute atomic E-state index is 0.0381. The zero-order valence-corrected chi connectivity index (χ0v) is 14.0. The lowest BCUT2D eigenvalue weighted by molar-refractivity contribution is 0.0698. The van der Waals surface area contributed by atoms with Crippen molar-refractivity contribution in [1.29, 1.82) is 0 Å². The standard InChI is InChI=1S/C15H21BrN2O3/c1-9(2)4-5-10(3)17-15(21)18-13-7-6-11(16)8-12(13)14(19)20/h6-10H,4-5H2,1-3H3,(H,19,20)(H2,17,18,21). The van der Waals surface area contributed by atoms with Gasteiger partial charge in [0.15, 0.2) is 0 Å². The summed E-state index contributed by atoms with van der Waals surface area (Å²) in [6, 6.07) is 4.35. The van der Waals surface area contributed by atoms with Gasteiger partial charge < -0.3 is 15.7 Å². The Balaban J connectivity index is 2.65. The fraction of sp³-hybridized carbons (Fsp3) is 0.467. The van der Waals surface area contributed by atoms with Crippen LogP contribution in [0.2, 0.25) is 0 Å². The SMILES string of the molecule is CC(C)CCC(C)NC(=O)Nc1ccc(Br)cc1C(=O)O. The van der Waals surface area contributed by atoms with E-state index in [1.165, 1.54) is 6.07 Å². The summed E-state index contributed by atoms with van der Waals surface area (Å²) in [4.78, 5) is 23.1. The van der Waals surface area contributed by atoms with Crippen molar-refractivity contribution in [3.63, 3.8) is 0 Å². The number of hydrogen-bond acceptors (Lipinski definition) is 2. The van der Waals surface area contributed by atoms with Crippen LogP contribution in [0.25, 0.3) is 0 Å². The van der Waals surface area contributed by atoms with Gasteiger partial charge >= 0.3 is 12.0 Å². The molecule has 0 spiro atoms. The lowest BCUT2D eigenvalue weighted by Gasteiger charge is -2.16. The fourth-order valence-corrected chi connectivity index (χ4v) is 2.20. The molecule has 0 aliphatic carbocycles. The van der Waals surface area contributed by atoms with Crippen LogP contribution < -0.4 is 10.6 Å². The summed E-state index contributed by atoms with van der Waals surface area (Å²) < 4.78 is 0.649. The number of benzene rings is 1. The summed E-state index contributed by atoms with van der Waals surface area (Å²) in [6.45, 7) is 6.20. The highest BCUT2D eigenvalue weighted by atomic mass is 79.9. The zero-order valence-electron chi connectivity index (χ0n) is 12.4. The number of carbonyl (C=O) groups excluding carboxylic acids is 1. The predicted octanol–water partition coefficient (Wildman–Crippen LogP) is 4.09. The van der Waals surface area contributed by atoms with Gasteiger partial charge in [-0.3, -0.25) is 0 Å². The molecule has 1 rings (SSSR count). The number of hydrogen-bond donors (Lipinski definition) is 3. The van der Waals surface area contributed by atoms with Crippen molar-refractivity contribution in [2.45, 2.75) is 39.7 Å². The molecule has 21 heavy (non-hydrogen) atoms. The Labute approximate surface area is 133 Å². The van der Waals surface area contributed by atoms with Crippen LogP contribution in [0.5, 0.6) is 0 Å². The molecule has 1 unspecified atom stereocenters. The maximum Gasteiger partial charge on any atom is 0.337 e. The van der Waals surface area contributed by atoms with E-state index in [1.54, 1.807) is 12.1 Å². The Morgan fingerprint density at radius 1 is 1.24 bits per heavy atom. The Hall–Kier alpha value is -1.56. The van der Waals surface area contributed by atoms with Crippen LogP contribution in [0.15, 0.2) is 22.7 Å². The van der Waals surface area contributed by atoms with Gasteiger partial charge in [0.25, 0.3) is 0 Å². The number of carboxylic acid groups (broad SMARTS) is 1. The highest BCUT2D eigenvalue weighted by molar-refractivity contribution is 9.10. The normalized spacial score (nSPS) is 12.0. The number of carbonyl (C=O) groups is 2. The summed E-state index contributed by atoms with van der Waals surface area (Å²) in [5.74, 6) is -0.498. The Kier molecular flexibility index (Phi) is 6.68. The second-order valence-corrected chi connectivity index (χ2v) is 6.38. The molecule has 0 saturated carbocycles. The molecule has 1 aromatic carbocycles. The van der Waals surface area contributed by atoms with Crippen LogP contribution in [0, 0.1) is 5.92 Å². The number of nitrogens with one attached hydrogen (secondary N) is 2. The molecule has 116 valence electrons. The van der Waals surface area contributed by atoms with Gasteiger partial charge in [0.2, 0.25) is 0 Å². The van der Waals surface area contributed by atoms with Crippen molar-refractivity contribution in [3.05, 3.63) is 28.2 Å². The van der Waals surface area contributed by atoms with Crippen molar-refractivity contribution in [1.82, 2.24) is 5.32 Å². The average molecular weight is 357 g/mol. The van der Waals surface area contributed by atoms with E-state index in [2.05, 4.69) is 40.4 Å². The second kappa shape index (κ2) is 8.02. The maximum absolute atomic E-state index is 11.9. The molecule has 2 amide bonds. The second-order valence-electron chi connectivity index (χ2n) is 5.47. The monoisotopic (exact) mass is 356 g/mol. The van der Waals surface area contributed by atoms with E-state index in [0.29, 0.717) is 10.4 Å². The highest BCUT2D eigenvalue weighted by Gasteiger charge is 2.14. The van der Waals surface area contributed by atoms with Gasteiger partial charge in [0.1, 0.15) is 0 Å². The van der Waals surface area contributed by atoms with Crippen LogP contribution in [-0.2, 0) is 0 Å². The fourth-order valence-electron chi connectivity index (χ4n) is 1.84. The van der Waals surface area contributed by atoms with Gasteiger partial charge in [-0.15, -0.1) is 0 Å². The molecule has 0 heterocycles. The summed E-state index contributed by atoms with van der Waals surface area (Å²) in [5, 5.41) is 14.5. The number of halogens is 1. The van der Waals surface area contributed by atoms with E-state index in [-0.39, 0.29) is 17.3 Å². The molecule has 0 fully saturated rings. The molecule has 3 N–H and O–H groups in total. The molecule has 6 heteroatoms. The summed E-state index contributed by atoms with van der Waals surface area (Å²) in [6.07, 6.45) is 1.91. The lowest BCUT2D eigenvalue weighted by Crippen LogP contribution is -2.36. The van der Waals surface area contributed by atoms with Crippen LogP contribution in [0.4, 0.5) is 10.5 Å². The number of carboxylic acids is 1. The number of amides is 2. The van der Waals surface area contributed by atoms with Crippen LogP contribution in [-0.4, -0.2) is 23.1 Å². The van der Waals surface area contributed by atoms with E-state index in [9.17, 15) is 9.59 Å². The summed E-state index contributed by atoms with van der Waals surface area (Å²) >= 11 is 3.21. The lowest BCUT2D eigenvalue weighted by atomic mass is 10.0. The Morgan fingerprint density at radius 2 is 1.90 bits per heavy atom. The van der Waals surface area contributed by atoms with Crippen molar-refractivity contribution < 1.29 is 14.7 Å². The van der Waals surface area contributed by atoms with E-state index >= 15 is 0 Å². The van der Waals surface area contributed by atoms with E-state index < -0.39 is 12.0 Å². The van der Waals surface area contributed by atoms with Crippen molar-refractivity contribution in [2.24, 2.45) is 5.92 Å². The summed E-state index contributed by atoms with van der Waals surface area (Å²) in [7, 11) is 0. The molecule has 5 nitrogen and oxygen atoms in total. The molecule has 1 aromatic rings. The van der Waals surface area contributed by atoms with E-state index in [0.717, 1.165) is 12.8 Å². The third-order valence-corrected chi connectivity index (χ3v) is 3.51. The first-order chi connectivity index (χ1) is 9.79. The third-order valence-electron chi connectivity index (χ3n) is 3.01. The maximum atomic E-state index is 11.9. The zero-order chi connectivity index (χ0) is 16.0. The van der Waals surface area contributed by atoms with Gasteiger partial charge in [-0.05, 0) is 43.9 Å². The van der Waals surface area contributed by atoms with Crippen molar-refractivity contribution in [2.75, 3.05) is 5.32 Å². The van der Waals surface area contributed by atoms with Gasteiger partial charge in [-0.25, -0.2) is 9.59 Å². The van der Waals surface area contributed by atoms with Crippen molar-refractivity contribution in [3.8, 4) is 0 Å². The molecule has 0 bridgehead atoms. The molecule has 1 atom stereocenters. The largest absolute Gasteiger partial charge is 0.478 e. The topological polar surface area (TPSA) is 78.4 Å². The minimum atomic E-state index is -1.08. The van der Waals surface area contributed by atoms with E-state index in [4.69, 9.17) is 5.11 Å². The quantitative estimate of drug-likeness (QED) is 0.717. The average Bonchev–Trinajstić information content (AvgIpc) is 2.38. The number of urea groups is 1.